The van der Waals surface area contributed by atoms with Gasteiger partial charge in [-0.3, -0.25) is 4.90 Å². The Kier molecular flexibility index (Phi) is 7.99. The van der Waals surface area contributed by atoms with Gasteiger partial charge in [-0.1, -0.05) is 12.1 Å². The number of imide groups is 1. The highest BCUT2D eigenvalue weighted by Crippen LogP contribution is 2.40. The zero-order valence-corrected chi connectivity index (χ0v) is 21.6. The number of hydrogen-bond donors (Lipinski definition) is 2. The number of aliphatic hydroxyl groups is 1. The minimum absolute atomic E-state index is 0.150. The number of ether oxygens (including phenoxy) is 2. The quantitative estimate of drug-likeness (QED) is 0.555. The van der Waals surface area contributed by atoms with Crippen LogP contribution < -0.4 is 10.1 Å². The van der Waals surface area contributed by atoms with E-state index in [0.29, 0.717) is 30.7 Å². The Labute approximate surface area is 224 Å². The van der Waals surface area contributed by atoms with E-state index in [-0.39, 0.29) is 17.4 Å². The van der Waals surface area contributed by atoms with Gasteiger partial charge in [0.25, 0.3) is 0 Å². The Morgan fingerprint density at radius 2 is 1.85 bits per heavy atom. The molecule has 5 rings (SSSR count). The van der Waals surface area contributed by atoms with Crippen LogP contribution in [-0.2, 0) is 4.74 Å². The number of cyclic esters (lactones) is 1. The van der Waals surface area contributed by atoms with E-state index in [1.165, 1.54) is 18.2 Å². The number of methoxy groups -OCH3 is 1. The molecule has 2 aromatic carbocycles. The summed E-state index contributed by atoms with van der Waals surface area (Å²) in [5, 5.41) is 12.6. The lowest BCUT2D eigenvalue weighted by Crippen LogP contribution is -2.48. The molecule has 8 nitrogen and oxygen atoms in total. The van der Waals surface area contributed by atoms with Crippen LogP contribution in [0.1, 0.15) is 55.2 Å². The third kappa shape index (κ3) is 5.56. The first-order valence-corrected chi connectivity index (χ1v) is 13.2. The van der Waals surface area contributed by atoms with Gasteiger partial charge in [0, 0.05) is 31.2 Å². The van der Waals surface area contributed by atoms with Gasteiger partial charge in [-0.2, -0.15) is 0 Å². The molecule has 3 amide bonds. The standard InChI is InChI=1S/C28H32F3N3O5/c1-38-24-13-18(29)5-8-21(24)16-2-6-20(7-3-16)33-11-10-19(14-33)32-27(36)34-26(25(15-35)39-28(34)37)17-4-9-22(30)23(31)12-17/h4-5,8-9,12-13,16,19-20,25-26,35H,2-3,6-7,10-11,14-15H2,1H3,(H,32,36)/t16?,19-,20?,25+,26+/m1/s1. The second kappa shape index (κ2) is 11.4. The molecule has 0 bridgehead atoms. The van der Waals surface area contributed by atoms with Crippen molar-refractivity contribution in [2.24, 2.45) is 0 Å². The summed E-state index contributed by atoms with van der Waals surface area (Å²) >= 11 is 0. The maximum Gasteiger partial charge on any atom is 0.419 e. The Balaban J connectivity index is 1.19. The van der Waals surface area contributed by atoms with Gasteiger partial charge < -0.3 is 19.9 Å². The van der Waals surface area contributed by atoms with Crippen molar-refractivity contribution in [3.05, 3.63) is 65.0 Å². The summed E-state index contributed by atoms with van der Waals surface area (Å²) in [7, 11) is 1.55. The summed E-state index contributed by atoms with van der Waals surface area (Å²) in [5.41, 5.74) is 1.18. The fourth-order valence-corrected chi connectivity index (χ4v) is 6.19. The predicted octanol–water partition coefficient (Wildman–Crippen LogP) is 4.48. The number of amides is 3. The molecule has 2 aromatic rings. The largest absolute Gasteiger partial charge is 0.496 e. The number of hydrogen-bond acceptors (Lipinski definition) is 6. The molecule has 2 N–H and O–H groups in total. The van der Waals surface area contributed by atoms with Gasteiger partial charge in [-0.25, -0.2) is 27.7 Å². The molecule has 3 fully saturated rings. The van der Waals surface area contributed by atoms with E-state index in [1.54, 1.807) is 13.2 Å². The van der Waals surface area contributed by atoms with Gasteiger partial charge in [0.15, 0.2) is 17.7 Å². The Bertz CT molecular complexity index is 1220. The molecule has 0 unspecified atom stereocenters. The van der Waals surface area contributed by atoms with Gasteiger partial charge in [-0.15, -0.1) is 0 Å². The molecule has 2 aliphatic heterocycles. The summed E-state index contributed by atoms with van der Waals surface area (Å²) in [5.74, 6) is -1.63. The topological polar surface area (TPSA) is 91.3 Å². The number of nitrogens with one attached hydrogen (secondary N) is 1. The number of aliphatic hydroxyl groups excluding tert-OH is 1. The van der Waals surface area contributed by atoms with E-state index >= 15 is 0 Å². The van der Waals surface area contributed by atoms with Crippen LogP contribution in [0.4, 0.5) is 22.8 Å². The molecular weight excluding hydrogens is 515 g/mol. The van der Waals surface area contributed by atoms with E-state index in [1.807, 2.05) is 0 Å². The average Bonchev–Trinajstić information content (AvgIpc) is 3.54. The lowest BCUT2D eigenvalue weighted by atomic mass is 9.81. The van der Waals surface area contributed by atoms with Gasteiger partial charge >= 0.3 is 12.1 Å². The lowest BCUT2D eigenvalue weighted by molar-refractivity contribution is 0.0827. The molecule has 1 saturated carbocycles. The van der Waals surface area contributed by atoms with Crippen molar-refractivity contribution in [1.82, 2.24) is 15.1 Å². The van der Waals surface area contributed by atoms with Gasteiger partial charge in [0.2, 0.25) is 0 Å². The van der Waals surface area contributed by atoms with Crippen LogP contribution in [0.15, 0.2) is 36.4 Å². The highest BCUT2D eigenvalue weighted by molar-refractivity contribution is 5.93. The zero-order chi connectivity index (χ0) is 27.7. The van der Waals surface area contributed by atoms with Crippen molar-refractivity contribution >= 4 is 12.1 Å². The summed E-state index contributed by atoms with van der Waals surface area (Å²) in [6, 6.07) is 6.12. The smallest absolute Gasteiger partial charge is 0.419 e. The Morgan fingerprint density at radius 3 is 2.54 bits per heavy atom. The number of carbonyl (C=O) groups is 2. The molecule has 0 aromatic heterocycles. The van der Waals surface area contributed by atoms with Crippen LogP contribution in [0, 0.1) is 17.5 Å². The highest BCUT2D eigenvalue weighted by Gasteiger charge is 2.47. The number of carbonyl (C=O) groups excluding carboxylic acids is 2. The first-order valence-electron chi connectivity index (χ1n) is 13.2. The highest BCUT2D eigenvalue weighted by atomic mass is 19.2. The minimum Gasteiger partial charge on any atom is -0.496 e. The predicted molar refractivity (Wildman–Crippen MR) is 135 cm³/mol. The van der Waals surface area contributed by atoms with E-state index in [2.05, 4.69) is 10.2 Å². The summed E-state index contributed by atoms with van der Waals surface area (Å²) in [6.45, 7) is 0.822. The monoisotopic (exact) mass is 547 g/mol. The first kappa shape index (κ1) is 27.3. The summed E-state index contributed by atoms with van der Waals surface area (Å²) in [6.07, 6.45) is 2.45. The van der Waals surface area contributed by atoms with Crippen molar-refractivity contribution in [2.75, 3.05) is 26.8 Å². The molecule has 11 heteroatoms. The zero-order valence-electron chi connectivity index (χ0n) is 21.6. The third-order valence-electron chi connectivity index (χ3n) is 8.16. The van der Waals surface area contributed by atoms with Crippen molar-refractivity contribution in [1.29, 1.82) is 0 Å². The maximum absolute atomic E-state index is 13.9. The third-order valence-corrected chi connectivity index (χ3v) is 8.16. The number of urea groups is 1. The lowest BCUT2D eigenvalue weighted by Gasteiger charge is -2.35. The van der Waals surface area contributed by atoms with E-state index < -0.39 is 42.5 Å². The molecule has 0 radical (unpaired) electrons. The van der Waals surface area contributed by atoms with Crippen LogP contribution >= 0.6 is 0 Å². The first-order chi connectivity index (χ1) is 18.8. The Hall–Kier alpha value is -3.31. The van der Waals surface area contributed by atoms with Crippen molar-refractivity contribution in [3.8, 4) is 5.75 Å². The summed E-state index contributed by atoms with van der Waals surface area (Å²) in [4.78, 5) is 28.9. The molecule has 0 spiro atoms. The Morgan fingerprint density at radius 1 is 1.08 bits per heavy atom. The number of halogens is 3. The van der Waals surface area contributed by atoms with Crippen molar-refractivity contribution < 1.29 is 37.3 Å². The second-order valence-corrected chi connectivity index (χ2v) is 10.4. The molecule has 210 valence electrons. The van der Waals surface area contributed by atoms with E-state index in [0.717, 1.165) is 54.8 Å². The van der Waals surface area contributed by atoms with E-state index in [9.17, 15) is 27.9 Å². The molecule has 2 saturated heterocycles. The van der Waals surface area contributed by atoms with Gasteiger partial charge in [0.05, 0.1) is 13.7 Å². The molecule has 39 heavy (non-hydrogen) atoms. The molecule has 2 heterocycles. The number of nitrogens with zero attached hydrogens (tertiary/aromatic N) is 2. The van der Waals surface area contributed by atoms with Gasteiger partial charge in [0.1, 0.15) is 17.6 Å². The summed E-state index contributed by atoms with van der Waals surface area (Å²) < 4.78 is 51.5. The van der Waals surface area contributed by atoms with E-state index in [4.69, 9.17) is 9.47 Å². The number of likely N-dealkylation sites (tertiary alicyclic amines) is 1. The van der Waals surface area contributed by atoms with Gasteiger partial charge in [-0.05, 0) is 67.3 Å². The fourth-order valence-electron chi connectivity index (χ4n) is 6.19. The van der Waals surface area contributed by atoms with Crippen LogP contribution in [0.2, 0.25) is 0 Å². The number of rotatable bonds is 6. The second-order valence-electron chi connectivity index (χ2n) is 10.4. The maximum atomic E-state index is 13.9. The van der Waals surface area contributed by atoms with Crippen LogP contribution in [0.5, 0.6) is 5.75 Å². The van der Waals surface area contributed by atoms with Crippen molar-refractivity contribution in [3.63, 3.8) is 0 Å². The number of benzene rings is 2. The normalized spacial score (nSPS) is 27.5. The molecular formula is C28H32F3N3O5. The fraction of sp³-hybridized carbons (Fsp3) is 0.500. The molecule has 3 atom stereocenters. The van der Waals surface area contributed by atoms with Crippen LogP contribution in [0.25, 0.3) is 0 Å². The van der Waals surface area contributed by atoms with Crippen LogP contribution in [-0.4, -0.2) is 72.0 Å². The molecule has 3 aliphatic rings. The SMILES string of the molecule is COc1cc(F)ccc1C1CCC(N2CC[C@@H](NC(=O)N3C(=O)O[C@@H](CO)[C@@H]3c3ccc(F)c(F)c3)C2)CC1. The average molecular weight is 548 g/mol. The van der Waals surface area contributed by atoms with Crippen LogP contribution in [0.3, 0.4) is 0 Å². The molecule has 1 aliphatic carbocycles. The van der Waals surface area contributed by atoms with Crippen molar-refractivity contribution in [2.45, 2.75) is 62.3 Å². The minimum atomic E-state index is -1.12.